The Bertz CT molecular complexity index is 721. The zero-order chi connectivity index (χ0) is 15.4. The van der Waals surface area contributed by atoms with Crippen molar-refractivity contribution in [3.8, 4) is 16.6 Å². The Hall–Kier alpha value is -1.90. The van der Waals surface area contributed by atoms with Crippen LogP contribution in [0.3, 0.4) is 0 Å². The third-order valence-corrected chi connectivity index (χ3v) is 5.07. The highest BCUT2D eigenvalue weighted by Gasteiger charge is 2.15. The molecule has 2 aromatic heterocycles. The second-order valence-electron chi connectivity index (χ2n) is 5.61. The Balaban J connectivity index is 1.89. The number of pyridine rings is 1. The van der Waals surface area contributed by atoms with Crippen LogP contribution in [0.2, 0.25) is 0 Å². The highest BCUT2D eigenvalue weighted by molar-refractivity contribution is 7.13. The van der Waals surface area contributed by atoms with Crippen molar-refractivity contribution in [2.24, 2.45) is 0 Å². The molecule has 1 aliphatic rings. The van der Waals surface area contributed by atoms with Gasteiger partial charge in [0.1, 0.15) is 11.6 Å². The summed E-state index contributed by atoms with van der Waals surface area (Å²) in [7, 11) is 0. The summed E-state index contributed by atoms with van der Waals surface area (Å²) in [4.78, 5) is 13.6. The number of nitrogens with zero attached hydrogens (tertiary/aromatic N) is 2. The maximum Gasteiger partial charge on any atom is 0.268 e. The van der Waals surface area contributed by atoms with E-state index in [1.54, 1.807) is 22.0 Å². The monoisotopic (exact) mass is 313 g/mol. The van der Waals surface area contributed by atoms with Gasteiger partial charge in [-0.05, 0) is 49.4 Å². The van der Waals surface area contributed by atoms with Crippen LogP contribution in [-0.4, -0.2) is 17.2 Å². The summed E-state index contributed by atoms with van der Waals surface area (Å²) in [6.45, 7) is 1.72. The number of thiophene rings is 1. The summed E-state index contributed by atoms with van der Waals surface area (Å²) in [5.74, 6) is 0. The first-order valence-electron chi connectivity index (χ1n) is 7.71. The van der Waals surface area contributed by atoms with Gasteiger partial charge in [-0.25, -0.2) is 0 Å². The van der Waals surface area contributed by atoms with Crippen LogP contribution in [0.5, 0.6) is 0 Å². The first-order valence-corrected chi connectivity index (χ1v) is 8.59. The summed E-state index contributed by atoms with van der Waals surface area (Å²) < 4.78 is 1.76. The minimum atomic E-state index is -0.177. The van der Waals surface area contributed by atoms with Gasteiger partial charge in [0, 0.05) is 12.6 Å². The lowest BCUT2D eigenvalue weighted by Gasteiger charge is -2.24. The van der Waals surface area contributed by atoms with Gasteiger partial charge in [0.15, 0.2) is 0 Å². The van der Waals surface area contributed by atoms with Crippen LogP contribution in [0.4, 0.5) is 0 Å². The second kappa shape index (κ2) is 6.91. The number of hydrogen-bond donors (Lipinski definition) is 1. The molecule has 4 nitrogen and oxygen atoms in total. The van der Waals surface area contributed by atoms with Crippen LogP contribution < -0.4 is 10.9 Å². The van der Waals surface area contributed by atoms with E-state index in [-0.39, 0.29) is 11.1 Å². The fourth-order valence-corrected chi connectivity index (χ4v) is 3.74. The number of hydrogen-bond acceptors (Lipinski definition) is 4. The molecule has 0 aromatic carbocycles. The molecule has 3 heterocycles. The molecule has 114 valence electrons. The molecular formula is C17H19N3OS. The lowest BCUT2D eigenvalue weighted by molar-refractivity contribution is 0.365. The topological polar surface area (TPSA) is 57.8 Å². The highest BCUT2D eigenvalue weighted by Crippen LogP contribution is 2.24. The van der Waals surface area contributed by atoms with Crippen molar-refractivity contribution in [3.63, 3.8) is 0 Å². The molecule has 0 spiro atoms. The van der Waals surface area contributed by atoms with Crippen molar-refractivity contribution in [1.29, 1.82) is 5.26 Å². The molecule has 1 N–H and O–H groups in total. The quantitative estimate of drug-likeness (QED) is 0.944. The summed E-state index contributed by atoms with van der Waals surface area (Å²) in [5, 5.41) is 14.6. The van der Waals surface area contributed by atoms with Gasteiger partial charge in [-0.1, -0.05) is 12.5 Å². The molecule has 1 atom stereocenters. The van der Waals surface area contributed by atoms with E-state index in [1.807, 2.05) is 29.6 Å². The SMILES string of the molecule is N#Cc1ccc(-c2cccs2)n(CCC2CCCCN2)c1=O. The van der Waals surface area contributed by atoms with E-state index in [0.717, 1.165) is 23.5 Å². The molecule has 1 fully saturated rings. The first-order chi connectivity index (χ1) is 10.8. The average molecular weight is 313 g/mol. The third-order valence-electron chi connectivity index (χ3n) is 4.18. The van der Waals surface area contributed by atoms with Gasteiger partial charge in [0.2, 0.25) is 0 Å². The van der Waals surface area contributed by atoms with E-state index in [2.05, 4.69) is 5.32 Å². The molecular weight excluding hydrogens is 294 g/mol. The summed E-state index contributed by atoms with van der Waals surface area (Å²) >= 11 is 1.62. The van der Waals surface area contributed by atoms with E-state index in [9.17, 15) is 4.79 Å². The van der Waals surface area contributed by atoms with Crippen LogP contribution in [0.1, 0.15) is 31.2 Å². The van der Waals surface area contributed by atoms with Gasteiger partial charge in [-0.15, -0.1) is 11.3 Å². The maximum atomic E-state index is 12.5. The zero-order valence-corrected chi connectivity index (χ0v) is 13.2. The van der Waals surface area contributed by atoms with Crippen molar-refractivity contribution in [2.75, 3.05) is 6.54 Å². The van der Waals surface area contributed by atoms with Crippen LogP contribution >= 0.6 is 11.3 Å². The number of nitriles is 1. The van der Waals surface area contributed by atoms with E-state index in [4.69, 9.17) is 5.26 Å². The molecule has 5 heteroatoms. The van der Waals surface area contributed by atoms with E-state index < -0.39 is 0 Å². The van der Waals surface area contributed by atoms with Crippen molar-refractivity contribution < 1.29 is 0 Å². The summed E-state index contributed by atoms with van der Waals surface area (Å²) in [6.07, 6.45) is 4.58. The largest absolute Gasteiger partial charge is 0.314 e. The van der Waals surface area contributed by atoms with Gasteiger partial charge >= 0.3 is 0 Å². The smallest absolute Gasteiger partial charge is 0.268 e. The second-order valence-corrected chi connectivity index (χ2v) is 6.56. The van der Waals surface area contributed by atoms with Gasteiger partial charge in [0.25, 0.3) is 5.56 Å². The molecule has 0 bridgehead atoms. The molecule has 3 rings (SSSR count). The first kappa shape index (κ1) is 15.0. The highest BCUT2D eigenvalue weighted by atomic mass is 32.1. The average Bonchev–Trinajstić information content (AvgIpc) is 3.08. The molecule has 1 saturated heterocycles. The molecule has 22 heavy (non-hydrogen) atoms. The van der Waals surface area contributed by atoms with Crippen molar-refractivity contribution >= 4 is 11.3 Å². The van der Waals surface area contributed by atoms with Crippen molar-refractivity contribution in [3.05, 3.63) is 45.6 Å². The van der Waals surface area contributed by atoms with Crippen LogP contribution in [0.15, 0.2) is 34.4 Å². The van der Waals surface area contributed by atoms with Crippen molar-refractivity contribution in [1.82, 2.24) is 9.88 Å². The van der Waals surface area contributed by atoms with Gasteiger partial charge < -0.3 is 9.88 Å². The molecule has 0 amide bonds. The summed E-state index contributed by atoms with van der Waals surface area (Å²) in [5.41, 5.74) is 0.955. The molecule has 2 aromatic rings. The van der Waals surface area contributed by atoms with E-state index >= 15 is 0 Å². The molecule has 0 radical (unpaired) electrons. The minimum Gasteiger partial charge on any atom is -0.314 e. The number of nitrogens with one attached hydrogen (secondary N) is 1. The normalized spacial score (nSPS) is 18.0. The lowest BCUT2D eigenvalue weighted by Crippen LogP contribution is -2.36. The number of rotatable bonds is 4. The Labute approximate surface area is 134 Å². The standard InChI is InChI=1S/C17H19N3OS/c18-12-13-6-7-15(16-5-3-11-22-16)20(17(13)21)10-8-14-4-1-2-9-19-14/h3,5-7,11,14,19H,1-2,4,8-10H2. The Morgan fingerprint density at radius 3 is 2.95 bits per heavy atom. The van der Waals surface area contributed by atoms with Crippen LogP contribution in [0, 0.1) is 11.3 Å². The minimum absolute atomic E-state index is 0.177. The van der Waals surface area contributed by atoms with E-state index in [1.165, 1.54) is 19.3 Å². The molecule has 0 saturated carbocycles. The van der Waals surface area contributed by atoms with E-state index in [0.29, 0.717) is 12.6 Å². The Morgan fingerprint density at radius 1 is 1.36 bits per heavy atom. The van der Waals surface area contributed by atoms with Gasteiger partial charge in [-0.3, -0.25) is 4.79 Å². The lowest BCUT2D eigenvalue weighted by atomic mass is 10.0. The number of piperidine rings is 1. The number of aromatic nitrogens is 1. The molecule has 0 aliphatic carbocycles. The summed E-state index contributed by atoms with van der Waals surface area (Å²) in [6, 6.07) is 9.99. The fourth-order valence-electron chi connectivity index (χ4n) is 2.98. The predicted octanol–water partition coefficient (Wildman–Crippen LogP) is 2.98. The van der Waals surface area contributed by atoms with Crippen LogP contribution in [-0.2, 0) is 6.54 Å². The Morgan fingerprint density at radius 2 is 2.27 bits per heavy atom. The predicted molar refractivity (Wildman–Crippen MR) is 89.0 cm³/mol. The van der Waals surface area contributed by atoms with Gasteiger partial charge in [-0.2, -0.15) is 5.26 Å². The zero-order valence-electron chi connectivity index (χ0n) is 12.4. The van der Waals surface area contributed by atoms with Crippen molar-refractivity contribution in [2.45, 2.75) is 38.3 Å². The molecule has 1 aliphatic heterocycles. The third kappa shape index (κ3) is 3.13. The van der Waals surface area contributed by atoms with Gasteiger partial charge in [0.05, 0.1) is 10.6 Å². The fraction of sp³-hybridized carbons (Fsp3) is 0.412. The van der Waals surface area contributed by atoms with Crippen LogP contribution in [0.25, 0.3) is 10.6 Å². The Kier molecular flexibility index (Phi) is 4.71. The molecule has 1 unspecified atom stereocenters. The maximum absolute atomic E-state index is 12.5.